The fourth-order valence-corrected chi connectivity index (χ4v) is 2.61. The maximum Gasteiger partial charge on any atom is 0.235 e. The zero-order valence-electron chi connectivity index (χ0n) is 9.79. The first-order chi connectivity index (χ1) is 8.25. The topological polar surface area (TPSA) is 45.2 Å². The van der Waals surface area contributed by atoms with Gasteiger partial charge < -0.3 is 4.98 Å². The third-order valence-electron chi connectivity index (χ3n) is 3.87. The maximum atomic E-state index is 10.6. The summed E-state index contributed by atoms with van der Waals surface area (Å²) in [5, 5.41) is 1.22. The van der Waals surface area contributed by atoms with Crippen molar-refractivity contribution in [2.24, 2.45) is 4.99 Å². The molecule has 1 N–H and O–H groups in total. The predicted molar refractivity (Wildman–Crippen MR) is 66.7 cm³/mol. The first-order valence-corrected chi connectivity index (χ1v) is 5.92. The number of carbonyl (C=O) groups excluding carboxylic acids is 1. The second-order valence-electron chi connectivity index (χ2n) is 4.82. The average Bonchev–Trinajstić information content (AvgIpc) is 2.65. The van der Waals surface area contributed by atoms with Crippen molar-refractivity contribution in [1.29, 1.82) is 0 Å². The van der Waals surface area contributed by atoms with Gasteiger partial charge in [-0.3, -0.25) is 0 Å². The Balaban J connectivity index is 2.16. The van der Waals surface area contributed by atoms with E-state index in [4.69, 9.17) is 0 Å². The molecule has 1 aliphatic rings. The van der Waals surface area contributed by atoms with E-state index in [-0.39, 0.29) is 5.54 Å². The van der Waals surface area contributed by atoms with Gasteiger partial charge in [0.05, 0.1) is 5.54 Å². The Bertz CT molecular complexity index is 616. The van der Waals surface area contributed by atoms with Crippen LogP contribution in [0.15, 0.2) is 29.4 Å². The third kappa shape index (κ3) is 1.43. The second kappa shape index (κ2) is 3.57. The average molecular weight is 226 g/mol. The van der Waals surface area contributed by atoms with Gasteiger partial charge in [-0.2, -0.15) is 4.99 Å². The van der Waals surface area contributed by atoms with Crippen molar-refractivity contribution in [2.75, 3.05) is 0 Å². The summed E-state index contributed by atoms with van der Waals surface area (Å²) < 4.78 is 0. The fraction of sp³-hybridized carbons (Fsp3) is 0.357. The molecule has 0 atom stereocenters. The minimum absolute atomic E-state index is 0.292. The summed E-state index contributed by atoms with van der Waals surface area (Å²) in [6.07, 6.45) is 6.78. The van der Waals surface area contributed by atoms with Crippen LogP contribution >= 0.6 is 0 Å². The van der Waals surface area contributed by atoms with Crippen LogP contribution in [0.4, 0.5) is 0 Å². The monoisotopic (exact) mass is 226 g/mol. The molecule has 0 amide bonds. The zero-order chi connectivity index (χ0) is 11.9. The highest BCUT2D eigenvalue weighted by molar-refractivity contribution is 5.83. The van der Waals surface area contributed by atoms with Crippen LogP contribution in [0.5, 0.6) is 0 Å². The highest BCUT2D eigenvalue weighted by Crippen LogP contribution is 2.45. The van der Waals surface area contributed by atoms with Gasteiger partial charge in [-0.05, 0) is 49.4 Å². The van der Waals surface area contributed by atoms with Crippen LogP contribution in [-0.4, -0.2) is 11.1 Å². The lowest BCUT2D eigenvalue weighted by Crippen LogP contribution is -2.31. The summed E-state index contributed by atoms with van der Waals surface area (Å²) in [7, 11) is 0. The number of fused-ring (bicyclic) bond motifs is 1. The Labute approximate surface area is 99.6 Å². The Hall–Kier alpha value is -1.86. The summed E-state index contributed by atoms with van der Waals surface area (Å²) in [6, 6.07) is 6.29. The van der Waals surface area contributed by atoms with Gasteiger partial charge >= 0.3 is 0 Å². The molecule has 0 bridgehead atoms. The molecule has 0 unspecified atom stereocenters. The van der Waals surface area contributed by atoms with E-state index >= 15 is 0 Å². The van der Waals surface area contributed by atoms with Crippen molar-refractivity contribution in [3.05, 3.63) is 35.5 Å². The Kier molecular flexibility index (Phi) is 2.17. The molecule has 1 aromatic heterocycles. The number of aryl methyl sites for hydroxylation is 1. The third-order valence-corrected chi connectivity index (χ3v) is 3.87. The van der Waals surface area contributed by atoms with E-state index in [2.05, 4.69) is 35.1 Å². The van der Waals surface area contributed by atoms with Crippen LogP contribution in [0.2, 0.25) is 0 Å². The maximum absolute atomic E-state index is 10.6. The van der Waals surface area contributed by atoms with E-state index in [0.717, 1.165) is 30.3 Å². The van der Waals surface area contributed by atoms with Crippen LogP contribution in [0.1, 0.15) is 30.4 Å². The van der Waals surface area contributed by atoms with Crippen LogP contribution in [0.25, 0.3) is 10.9 Å². The Morgan fingerprint density at radius 1 is 1.41 bits per heavy atom. The molecule has 0 radical (unpaired) electrons. The van der Waals surface area contributed by atoms with Gasteiger partial charge in [0.1, 0.15) is 0 Å². The van der Waals surface area contributed by atoms with E-state index in [0.29, 0.717) is 0 Å². The molecule has 0 saturated heterocycles. The van der Waals surface area contributed by atoms with Gasteiger partial charge in [0.15, 0.2) is 0 Å². The van der Waals surface area contributed by atoms with Crippen LogP contribution < -0.4 is 0 Å². The van der Waals surface area contributed by atoms with Crippen molar-refractivity contribution < 1.29 is 4.79 Å². The van der Waals surface area contributed by atoms with Gasteiger partial charge in [-0.1, -0.05) is 6.07 Å². The number of hydrogen-bond donors (Lipinski definition) is 1. The lowest BCUT2D eigenvalue weighted by molar-refractivity contribution is 0.256. The van der Waals surface area contributed by atoms with Crippen molar-refractivity contribution in [1.82, 2.24) is 4.98 Å². The number of rotatable bonds is 2. The molecule has 86 valence electrons. The van der Waals surface area contributed by atoms with E-state index < -0.39 is 0 Å². The SMILES string of the molecule is Cc1c[nH]c2ccc(C3(N=C=O)CCC3)cc12. The Morgan fingerprint density at radius 3 is 2.88 bits per heavy atom. The molecule has 1 heterocycles. The number of H-pyrrole nitrogens is 1. The molecule has 3 heteroatoms. The number of nitrogens with zero attached hydrogens (tertiary/aromatic N) is 1. The lowest BCUT2D eigenvalue weighted by atomic mass is 9.72. The minimum atomic E-state index is -0.292. The van der Waals surface area contributed by atoms with Gasteiger partial charge in [0.25, 0.3) is 0 Å². The zero-order valence-corrected chi connectivity index (χ0v) is 9.79. The number of isocyanates is 1. The molecular weight excluding hydrogens is 212 g/mol. The van der Waals surface area contributed by atoms with E-state index in [1.165, 1.54) is 10.9 Å². The highest BCUT2D eigenvalue weighted by atomic mass is 16.1. The number of aromatic amines is 1. The largest absolute Gasteiger partial charge is 0.361 e. The van der Waals surface area contributed by atoms with Gasteiger partial charge in [0, 0.05) is 17.1 Å². The molecule has 1 aliphatic carbocycles. The molecule has 2 aromatic rings. The normalized spacial score (nSPS) is 17.5. The number of hydrogen-bond acceptors (Lipinski definition) is 2. The first kappa shape index (κ1) is 10.3. The summed E-state index contributed by atoms with van der Waals surface area (Å²) >= 11 is 0. The first-order valence-electron chi connectivity index (χ1n) is 5.92. The van der Waals surface area contributed by atoms with Crippen molar-refractivity contribution in [3.63, 3.8) is 0 Å². The van der Waals surface area contributed by atoms with Crippen molar-refractivity contribution in [3.8, 4) is 0 Å². The summed E-state index contributed by atoms with van der Waals surface area (Å²) in [5.74, 6) is 0. The van der Waals surface area contributed by atoms with Crippen LogP contribution in [0.3, 0.4) is 0 Å². The second-order valence-corrected chi connectivity index (χ2v) is 4.82. The van der Waals surface area contributed by atoms with Crippen molar-refractivity contribution >= 4 is 17.0 Å². The molecule has 1 saturated carbocycles. The predicted octanol–water partition coefficient (Wildman–Crippen LogP) is 3.19. The minimum Gasteiger partial charge on any atom is -0.361 e. The molecule has 1 fully saturated rings. The smallest absolute Gasteiger partial charge is 0.235 e. The molecule has 3 nitrogen and oxygen atoms in total. The quantitative estimate of drug-likeness (QED) is 0.620. The van der Waals surface area contributed by atoms with Gasteiger partial charge in [0.2, 0.25) is 6.08 Å². The van der Waals surface area contributed by atoms with E-state index in [1.807, 2.05) is 6.20 Å². The lowest BCUT2D eigenvalue weighted by Gasteiger charge is -2.37. The standard InChI is InChI=1S/C14H14N2O/c1-10-8-15-13-4-3-11(7-12(10)13)14(16-9-17)5-2-6-14/h3-4,7-8,15H,2,5-6H2,1H3. The van der Waals surface area contributed by atoms with E-state index in [9.17, 15) is 4.79 Å². The molecule has 0 spiro atoms. The molecular formula is C14H14N2O. The van der Waals surface area contributed by atoms with Gasteiger partial charge in [-0.15, -0.1) is 0 Å². The van der Waals surface area contributed by atoms with Crippen LogP contribution in [-0.2, 0) is 10.3 Å². The summed E-state index contributed by atoms with van der Waals surface area (Å²) in [4.78, 5) is 17.8. The number of aliphatic imine (C=N–C) groups is 1. The molecule has 17 heavy (non-hydrogen) atoms. The molecule has 1 aromatic carbocycles. The Morgan fingerprint density at radius 2 is 2.24 bits per heavy atom. The van der Waals surface area contributed by atoms with Crippen molar-refractivity contribution in [2.45, 2.75) is 31.7 Å². The van der Waals surface area contributed by atoms with E-state index in [1.54, 1.807) is 6.08 Å². The highest BCUT2D eigenvalue weighted by Gasteiger charge is 2.38. The van der Waals surface area contributed by atoms with Crippen LogP contribution in [0, 0.1) is 6.92 Å². The number of benzene rings is 1. The summed E-state index contributed by atoms with van der Waals surface area (Å²) in [6.45, 7) is 2.08. The fourth-order valence-electron chi connectivity index (χ4n) is 2.61. The number of nitrogens with one attached hydrogen (secondary N) is 1. The summed E-state index contributed by atoms with van der Waals surface area (Å²) in [5.41, 5.74) is 3.21. The molecule has 0 aliphatic heterocycles. The molecule has 3 rings (SSSR count). The van der Waals surface area contributed by atoms with Gasteiger partial charge in [-0.25, -0.2) is 4.79 Å². The number of aromatic nitrogens is 1.